The third-order valence-electron chi connectivity index (χ3n) is 5.28. The molecule has 162 valence electrons. The van der Waals surface area contributed by atoms with Crippen molar-refractivity contribution in [1.82, 2.24) is 24.1 Å². The minimum absolute atomic E-state index is 0.142. The highest BCUT2D eigenvalue weighted by atomic mass is 35.5. The zero-order chi connectivity index (χ0) is 22.0. The first kappa shape index (κ1) is 21.0. The summed E-state index contributed by atoms with van der Waals surface area (Å²) in [7, 11) is 1.93. The van der Waals surface area contributed by atoms with E-state index in [0.717, 1.165) is 5.69 Å². The van der Waals surface area contributed by atoms with Crippen LogP contribution < -0.4 is 0 Å². The number of benzene rings is 1. The summed E-state index contributed by atoms with van der Waals surface area (Å²) >= 11 is 6.19. The molecule has 3 heterocycles. The Hall–Kier alpha value is -3.26. The average Bonchev–Trinajstić information content (AvgIpc) is 3.40. The smallest absolute Gasteiger partial charge is 0.409 e. The van der Waals surface area contributed by atoms with Crippen molar-refractivity contribution in [2.24, 2.45) is 7.05 Å². The Morgan fingerprint density at radius 1 is 1.06 bits per heavy atom. The fraction of sp³-hybridized carbons (Fsp3) is 0.318. The van der Waals surface area contributed by atoms with Gasteiger partial charge < -0.3 is 19.1 Å². The number of carbonyl (C=O) groups is 2. The summed E-state index contributed by atoms with van der Waals surface area (Å²) in [4.78, 5) is 28.8. The van der Waals surface area contributed by atoms with Crippen molar-refractivity contribution in [3.8, 4) is 17.1 Å². The monoisotopic (exact) mass is 441 g/mol. The highest BCUT2D eigenvalue weighted by Gasteiger charge is 2.28. The number of aromatic nitrogens is 3. The molecule has 9 heteroatoms. The number of carbonyl (C=O) groups excluding carboxylic acids is 2. The van der Waals surface area contributed by atoms with E-state index in [2.05, 4.69) is 0 Å². The molecular formula is C22H24ClN5O3. The van der Waals surface area contributed by atoms with Gasteiger partial charge in [0, 0.05) is 44.4 Å². The van der Waals surface area contributed by atoms with Gasteiger partial charge in [-0.2, -0.15) is 5.10 Å². The lowest BCUT2D eigenvalue weighted by atomic mass is 10.2. The van der Waals surface area contributed by atoms with E-state index in [4.69, 9.17) is 21.4 Å². The second kappa shape index (κ2) is 8.85. The van der Waals surface area contributed by atoms with Crippen LogP contribution in [0.1, 0.15) is 17.4 Å². The summed E-state index contributed by atoms with van der Waals surface area (Å²) in [5.74, 6) is -0.142. The summed E-state index contributed by atoms with van der Waals surface area (Å²) in [6, 6.07) is 12.9. The maximum absolute atomic E-state index is 13.4. The van der Waals surface area contributed by atoms with Crippen molar-refractivity contribution in [3.05, 3.63) is 59.4 Å². The molecule has 0 atom stereocenters. The van der Waals surface area contributed by atoms with E-state index >= 15 is 0 Å². The van der Waals surface area contributed by atoms with Crippen LogP contribution in [0.15, 0.2) is 48.7 Å². The molecule has 2 aromatic heterocycles. The van der Waals surface area contributed by atoms with Crippen molar-refractivity contribution < 1.29 is 14.3 Å². The molecular weight excluding hydrogens is 418 g/mol. The van der Waals surface area contributed by atoms with Gasteiger partial charge >= 0.3 is 6.09 Å². The summed E-state index contributed by atoms with van der Waals surface area (Å²) in [6.07, 6.45) is 1.59. The Labute approximate surface area is 185 Å². The largest absolute Gasteiger partial charge is 0.450 e. The van der Waals surface area contributed by atoms with E-state index in [0.29, 0.717) is 54.9 Å². The van der Waals surface area contributed by atoms with E-state index in [1.54, 1.807) is 39.6 Å². The lowest BCUT2D eigenvalue weighted by Crippen LogP contribution is -2.51. The second-order valence-corrected chi connectivity index (χ2v) is 7.73. The minimum Gasteiger partial charge on any atom is -0.450 e. The summed E-state index contributed by atoms with van der Waals surface area (Å²) in [6.45, 7) is 3.83. The number of nitrogens with zero attached hydrogens (tertiary/aromatic N) is 5. The van der Waals surface area contributed by atoms with Crippen LogP contribution in [0.5, 0.6) is 0 Å². The van der Waals surface area contributed by atoms with Gasteiger partial charge in [0.05, 0.1) is 18.0 Å². The number of halogens is 1. The SMILES string of the molecule is CCOC(=O)N1CCN(C(=O)c2cc(-c3cccn3C)nn2-c2cccc(Cl)c2)CC1. The van der Waals surface area contributed by atoms with Crippen LogP contribution in [0.3, 0.4) is 0 Å². The Balaban J connectivity index is 1.64. The van der Waals surface area contributed by atoms with Gasteiger partial charge in [-0.15, -0.1) is 0 Å². The molecule has 0 bridgehead atoms. The molecule has 3 aromatic rings. The molecule has 4 rings (SSSR count). The Morgan fingerprint density at radius 3 is 2.45 bits per heavy atom. The maximum Gasteiger partial charge on any atom is 0.409 e. The van der Waals surface area contributed by atoms with Gasteiger partial charge in [0.2, 0.25) is 0 Å². The highest BCUT2D eigenvalue weighted by molar-refractivity contribution is 6.30. The Kier molecular flexibility index (Phi) is 5.99. The van der Waals surface area contributed by atoms with Crippen LogP contribution in [-0.2, 0) is 11.8 Å². The molecule has 1 saturated heterocycles. The van der Waals surface area contributed by atoms with E-state index in [1.165, 1.54) is 0 Å². The van der Waals surface area contributed by atoms with Gasteiger partial charge in [-0.05, 0) is 43.3 Å². The fourth-order valence-corrected chi connectivity index (χ4v) is 3.84. The molecule has 1 aliphatic rings. The standard InChI is InChI=1S/C22H24ClN5O3/c1-3-31-22(30)27-12-10-26(11-13-27)21(29)20-15-18(19-8-5-9-25(19)2)24-28(20)17-7-4-6-16(23)14-17/h4-9,14-15H,3,10-13H2,1-2H3. The molecule has 0 unspecified atom stereocenters. The predicted octanol–water partition coefficient (Wildman–Crippen LogP) is 3.45. The number of hydrogen-bond donors (Lipinski definition) is 0. The lowest BCUT2D eigenvalue weighted by Gasteiger charge is -2.34. The summed E-state index contributed by atoms with van der Waals surface area (Å²) in [5, 5.41) is 5.28. The highest BCUT2D eigenvalue weighted by Crippen LogP contribution is 2.24. The molecule has 1 aromatic carbocycles. The molecule has 2 amide bonds. The quantitative estimate of drug-likeness (QED) is 0.621. The van der Waals surface area contributed by atoms with Crippen molar-refractivity contribution in [1.29, 1.82) is 0 Å². The zero-order valence-electron chi connectivity index (χ0n) is 17.5. The van der Waals surface area contributed by atoms with Gasteiger partial charge in [-0.25, -0.2) is 9.48 Å². The number of hydrogen-bond acceptors (Lipinski definition) is 4. The van der Waals surface area contributed by atoms with Crippen molar-refractivity contribution >= 4 is 23.6 Å². The van der Waals surface area contributed by atoms with E-state index in [1.807, 2.05) is 42.1 Å². The van der Waals surface area contributed by atoms with Crippen LogP contribution in [0.25, 0.3) is 17.1 Å². The van der Waals surface area contributed by atoms with Crippen molar-refractivity contribution in [2.75, 3.05) is 32.8 Å². The van der Waals surface area contributed by atoms with Crippen LogP contribution in [-0.4, -0.2) is 68.9 Å². The molecule has 1 fully saturated rings. The Bertz CT molecular complexity index is 1100. The number of aryl methyl sites for hydroxylation is 1. The van der Waals surface area contributed by atoms with Gasteiger partial charge in [0.15, 0.2) is 0 Å². The van der Waals surface area contributed by atoms with E-state index < -0.39 is 0 Å². The van der Waals surface area contributed by atoms with Crippen molar-refractivity contribution in [2.45, 2.75) is 6.92 Å². The normalized spacial score (nSPS) is 14.0. The molecule has 0 aliphatic carbocycles. The summed E-state index contributed by atoms with van der Waals surface area (Å²) < 4.78 is 8.65. The maximum atomic E-state index is 13.4. The first-order valence-corrected chi connectivity index (χ1v) is 10.5. The zero-order valence-corrected chi connectivity index (χ0v) is 18.2. The Morgan fingerprint density at radius 2 is 1.81 bits per heavy atom. The minimum atomic E-state index is -0.343. The van der Waals surface area contributed by atoms with E-state index in [9.17, 15) is 9.59 Å². The van der Waals surface area contributed by atoms with Gasteiger partial charge in [-0.3, -0.25) is 4.79 Å². The number of piperazine rings is 1. The number of rotatable bonds is 4. The van der Waals surface area contributed by atoms with Crippen LogP contribution in [0, 0.1) is 0 Å². The first-order chi connectivity index (χ1) is 15.0. The van der Waals surface area contributed by atoms with Crippen LogP contribution in [0.4, 0.5) is 4.79 Å². The second-order valence-electron chi connectivity index (χ2n) is 7.29. The van der Waals surface area contributed by atoms with Gasteiger partial charge in [0.1, 0.15) is 11.4 Å². The molecule has 1 aliphatic heterocycles. The molecule has 0 saturated carbocycles. The van der Waals surface area contributed by atoms with Crippen molar-refractivity contribution in [3.63, 3.8) is 0 Å². The van der Waals surface area contributed by atoms with Crippen LogP contribution in [0.2, 0.25) is 5.02 Å². The molecule has 0 spiro atoms. The summed E-state index contributed by atoms with van der Waals surface area (Å²) in [5.41, 5.74) is 2.76. The predicted molar refractivity (Wildman–Crippen MR) is 117 cm³/mol. The topological polar surface area (TPSA) is 72.6 Å². The molecule has 0 N–H and O–H groups in total. The third kappa shape index (κ3) is 4.29. The van der Waals surface area contributed by atoms with Gasteiger partial charge in [-0.1, -0.05) is 17.7 Å². The van der Waals surface area contributed by atoms with Crippen LogP contribution >= 0.6 is 11.6 Å². The van der Waals surface area contributed by atoms with E-state index in [-0.39, 0.29) is 12.0 Å². The molecule has 31 heavy (non-hydrogen) atoms. The molecule has 8 nitrogen and oxygen atoms in total. The number of ether oxygens (including phenoxy) is 1. The molecule has 0 radical (unpaired) electrons. The number of amides is 2. The average molecular weight is 442 g/mol. The van der Waals surface area contributed by atoms with Gasteiger partial charge in [0.25, 0.3) is 5.91 Å². The lowest BCUT2D eigenvalue weighted by molar-refractivity contribution is 0.0563. The first-order valence-electron chi connectivity index (χ1n) is 10.2. The third-order valence-corrected chi connectivity index (χ3v) is 5.52. The fourth-order valence-electron chi connectivity index (χ4n) is 3.66.